The van der Waals surface area contributed by atoms with Gasteiger partial charge >= 0.3 is 0 Å². The van der Waals surface area contributed by atoms with Gasteiger partial charge in [0.15, 0.2) is 0 Å². The van der Waals surface area contributed by atoms with Crippen LogP contribution >= 0.6 is 23.4 Å². The van der Waals surface area contributed by atoms with Crippen molar-refractivity contribution >= 4 is 23.4 Å². The summed E-state index contributed by atoms with van der Waals surface area (Å²) in [4.78, 5) is 0. The zero-order valence-corrected chi connectivity index (χ0v) is 11.7. The predicted molar refractivity (Wildman–Crippen MR) is 76.3 cm³/mol. The number of thioether (sulfide) groups is 1. The fourth-order valence-electron chi connectivity index (χ4n) is 2.32. The van der Waals surface area contributed by atoms with Gasteiger partial charge in [-0.15, -0.1) is 0 Å². The molecule has 5 heteroatoms. The van der Waals surface area contributed by atoms with Gasteiger partial charge in [0.1, 0.15) is 5.82 Å². The van der Waals surface area contributed by atoms with E-state index < -0.39 is 0 Å². The highest BCUT2D eigenvalue weighted by Crippen LogP contribution is 2.30. The van der Waals surface area contributed by atoms with Crippen molar-refractivity contribution in [3.63, 3.8) is 0 Å². The van der Waals surface area contributed by atoms with Crippen molar-refractivity contribution in [3.05, 3.63) is 34.6 Å². The molecule has 1 saturated heterocycles. The first-order valence-electron chi connectivity index (χ1n) is 6.23. The molecule has 1 aromatic carbocycles. The molecule has 1 aliphatic heterocycles. The van der Waals surface area contributed by atoms with E-state index in [4.69, 9.17) is 17.4 Å². The van der Waals surface area contributed by atoms with Gasteiger partial charge in [0.25, 0.3) is 0 Å². The van der Waals surface area contributed by atoms with Gasteiger partial charge < -0.3 is 0 Å². The molecule has 1 fully saturated rings. The van der Waals surface area contributed by atoms with Gasteiger partial charge in [-0.3, -0.25) is 11.3 Å². The minimum Gasteiger partial charge on any atom is -0.271 e. The van der Waals surface area contributed by atoms with Crippen LogP contribution in [0.2, 0.25) is 5.02 Å². The summed E-state index contributed by atoms with van der Waals surface area (Å²) in [5.74, 6) is 6.46. The van der Waals surface area contributed by atoms with Crippen molar-refractivity contribution in [3.8, 4) is 0 Å². The van der Waals surface area contributed by atoms with E-state index in [9.17, 15) is 4.39 Å². The molecular weight excluding hydrogens is 271 g/mol. The summed E-state index contributed by atoms with van der Waals surface area (Å²) in [5.41, 5.74) is 3.69. The highest BCUT2D eigenvalue weighted by Gasteiger charge is 2.24. The quantitative estimate of drug-likeness (QED) is 0.660. The normalized spacial score (nSPS) is 21.8. The molecule has 2 unspecified atom stereocenters. The second-order valence-electron chi connectivity index (χ2n) is 4.60. The van der Waals surface area contributed by atoms with Crippen LogP contribution in [-0.2, 0) is 6.42 Å². The van der Waals surface area contributed by atoms with E-state index >= 15 is 0 Å². The van der Waals surface area contributed by atoms with Crippen LogP contribution in [0.3, 0.4) is 0 Å². The lowest BCUT2D eigenvalue weighted by Crippen LogP contribution is -2.45. The Balaban J connectivity index is 2.07. The van der Waals surface area contributed by atoms with E-state index in [0.717, 1.165) is 12.0 Å². The maximum Gasteiger partial charge on any atom is 0.142 e. The van der Waals surface area contributed by atoms with Gasteiger partial charge in [-0.05, 0) is 36.6 Å². The first-order valence-corrected chi connectivity index (χ1v) is 7.65. The number of benzene rings is 1. The van der Waals surface area contributed by atoms with Crippen molar-refractivity contribution in [2.24, 2.45) is 5.84 Å². The van der Waals surface area contributed by atoms with E-state index in [0.29, 0.717) is 11.7 Å². The van der Waals surface area contributed by atoms with Crippen molar-refractivity contribution in [1.82, 2.24) is 5.43 Å². The summed E-state index contributed by atoms with van der Waals surface area (Å²) in [5, 5.41) is 0.710. The van der Waals surface area contributed by atoms with Crippen molar-refractivity contribution in [2.75, 3.05) is 5.75 Å². The molecule has 0 aliphatic carbocycles. The summed E-state index contributed by atoms with van der Waals surface area (Å²) >= 11 is 7.93. The van der Waals surface area contributed by atoms with Crippen LogP contribution in [0.15, 0.2) is 18.2 Å². The van der Waals surface area contributed by atoms with E-state index in [1.807, 2.05) is 17.8 Å². The third-order valence-corrected chi connectivity index (χ3v) is 5.29. The zero-order valence-electron chi connectivity index (χ0n) is 10.2. The van der Waals surface area contributed by atoms with Crippen molar-refractivity contribution < 1.29 is 4.39 Å². The standard InChI is InChI=1S/C13H18ClFN2S/c14-13-9(4-3-5-10(13)15)8-11(17-16)12-6-1-2-7-18-12/h3-5,11-12,17H,1-2,6-8,16H2. The summed E-state index contributed by atoms with van der Waals surface area (Å²) in [6, 6.07) is 5.09. The Morgan fingerprint density at radius 1 is 1.50 bits per heavy atom. The van der Waals surface area contributed by atoms with Crippen molar-refractivity contribution in [1.29, 1.82) is 0 Å². The van der Waals surface area contributed by atoms with Gasteiger partial charge in [-0.2, -0.15) is 11.8 Å². The smallest absolute Gasteiger partial charge is 0.142 e. The van der Waals surface area contributed by atoms with Gasteiger partial charge in [0, 0.05) is 11.3 Å². The summed E-state index contributed by atoms with van der Waals surface area (Å²) in [6.45, 7) is 0. The molecule has 3 N–H and O–H groups in total. The van der Waals surface area contributed by atoms with Crippen LogP contribution in [0.5, 0.6) is 0 Å². The van der Waals surface area contributed by atoms with Crippen LogP contribution in [0, 0.1) is 5.82 Å². The monoisotopic (exact) mass is 288 g/mol. The Bertz CT molecular complexity index is 397. The van der Waals surface area contributed by atoms with Gasteiger partial charge in [-0.1, -0.05) is 30.2 Å². The van der Waals surface area contributed by atoms with Crippen LogP contribution in [0.1, 0.15) is 24.8 Å². The second kappa shape index (κ2) is 6.75. The molecule has 1 aromatic rings. The predicted octanol–water partition coefficient (Wildman–Crippen LogP) is 3.14. The molecule has 1 heterocycles. The van der Waals surface area contributed by atoms with Crippen LogP contribution in [0.4, 0.5) is 4.39 Å². The van der Waals surface area contributed by atoms with Crippen LogP contribution in [0.25, 0.3) is 0 Å². The molecule has 0 bridgehead atoms. The minimum absolute atomic E-state index is 0.148. The number of rotatable bonds is 4. The third kappa shape index (κ3) is 3.38. The minimum atomic E-state index is -0.360. The van der Waals surface area contributed by atoms with Gasteiger partial charge in [0.2, 0.25) is 0 Å². The number of halogens is 2. The Labute approximate surface area is 116 Å². The molecule has 0 amide bonds. The van der Waals surface area contributed by atoms with E-state index in [-0.39, 0.29) is 16.9 Å². The highest BCUT2D eigenvalue weighted by molar-refractivity contribution is 8.00. The van der Waals surface area contributed by atoms with E-state index in [1.54, 1.807) is 6.07 Å². The van der Waals surface area contributed by atoms with Gasteiger partial charge in [-0.25, -0.2) is 4.39 Å². The Hall–Kier alpha value is -0.290. The lowest BCUT2D eigenvalue weighted by atomic mass is 10.00. The summed E-state index contributed by atoms with van der Waals surface area (Å²) < 4.78 is 13.4. The second-order valence-corrected chi connectivity index (χ2v) is 6.32. The molecule has 100 valence electrons. The Kier molecular flexibility index (Phi) is 5.30. The third-order valence-electron chi connectivity index (χ3n) is 3.35. The SMILES string of the molecule is NNC(Cc1cccc(F)c1Cl)C1CCCCS1. The molecule has 0 spiro atoms. The van der Waals surface area contributed by atoms with Crippen LogP contribution < -0.4 is 11.3 Å². The maximum atomic E-state index is 13.4. The topological polar surface area (TPSA) is 38.0 Å². The summed E-state index contributed by atoms with van der Waals surface area (Å²) in [7, 11) is 0. The van der Waals surface area contributed by atoms with Crippen molar-refractivity contribution in [2.45, 2.75) is 37.0 Å². The summed E-state index contributed by atoms with van der Waals surface area (Å²) in [6.07, 6.45) is 4.35. The van der Waals surface area contributed by atoms with E-state index in [1.165, 1.54) is 24.7 Å². The average Bonchev–Trinajstić information content (AvgIpc) is 2.41. The number of hydrazine groups is 1. The number of nitrogens with one attached hydrogen (secondary N) is 1. The number of hydrogen-bond donors (Lipinski definition) is 2. The average molecular weight is 289 g/mol. The maximum absolute atomic E-state index is 13.4. The first-order chi connectivity index (χ1) is 8.72. The molecule has 0 radical (unpaired) electrons. The lowest BCUT2D eigenvalue weighted by Gasteiger charge is -2.29. The first kappa shape index (κ1) is 14.1. The Morgan fingerprint density at radius 2 is 2.33 bits per heavy atom. The lowest BCUT2D eigenvalue weighted by molar-refractivity contribution is 0.471. The molecule has 1 aliphatic rings. The molecule has 2 rings (SSSR count). The zero-order chi connectivity index (χ0) is 13.0. The van der Waals surface area contributed by atoms with Gasteiger partial charge in [0.05, 0.1) is 5.02 Å². The molecular formula is C13H18ClFN2S. The van der Waals surface area contributed by atoms with Crippen LogP contribution in [-0.4, -0.2) is 17.0 Å². The highest BCUT2D eigenvalue weighted by atomic mass is 35.5. The molecule has 2 nitrogen and oxygen atoms in total. The fraction of sp³-hybridized carbons (Fsp3) is 0.538. The largest absolute Gasteiger partial charge is 0.271 e. The fourth-order valence-corrected chi connectivity index (χ4v) is 3.94. The molecule has 0 saturated carbocycles. The Morgan fingerprint density at radius 3 is 3.00 bits per heavy atom. The van der Waals surface area contributed by atoms with E-state index in [2.05, 4.69) is 5.43 Å². The molecule has 18 heavy (non-hydrogen) atoms. The number of nitrogens with two attached hydrogens (primary N) is 1. The number of hydrogen-bond acceptors (Lipinski definition) is 3. The molecule has 0 aromatic heterocycles. The molecule has 2 atom stereocenters.